The number of carbonyl (C=O) groups is 2. The van der Waals surface area contributed by atoms with Crippen LogP contribution in [0, 0.1) is 11.3 Å². The maximum atomic E-state index is 12.0. The van der Waals surface area contributed by atoms with Gasteiger partial charge in [0.1, 0.15) is 11.6 Å². The summed E-state index contributed by atoms with van der Waals surface area (Å²) < 4.78 is 10.0. The summed E-state index contributed by atoms with van der Waals surface area (Å²) in [6.45, 7) is 5.26. The molecule has 0 spiro atoms. The highest BCUT2D eigenvalue weighted by molar-refractivity contribution is 7.15. The van der Waals surface area contributed by atoms with Crippen LogP contribution in [0.25, 0.3) is 10.4 Å². The number of rotatable bonds is 5. The molecule has 1 atom stereocenters. The number of esters is 1. The second kappa shape index (κ2) is 8.69. The molecule has 1 N–H and O–H groups in total. The second-order valence-electron chi connectivity index (χ2n) is 6.88. The van der Waals surface area contributed by atoms with E-state index in [1.165, 1.54) is 18.4 Å². The lowest BCUT2D eigenvalue weighted by molar-refractivity contribution is -0.143. The monoisotopic (exact) mass is 386 g/mol. The van der Waals surface area contributed by atoms with E-state index in [0.29, 0.717) is 12.0 Å². The Morgan fingerprint density at radius 2 is 1.85 bits per heavy atom. The van der Waals surface area contributed by atoms with Gasteiger partial charge in [-0.2, -0.15) is 5.26 Å². The van der Waals surface area contributed by atoms with Gasteiger partial charge in [-0.1, -0.05) is 12.1 Å². The third-order valence-corrected chi connectivity index (χ3v) is 4.70. The topological polar surface area (TPSA) is 88.4 Å². The van der Waals surface area contributed by atoms with Crippen molar-refractivity contribution in [1.29, 1.82) is 5.26 Å². The van der Waals surface area contributed by atoms with Gasteiger partial charge in [0.15, 0.2) is 0 Å². The van der Waals surface area contributed by atoms with Crippen molar-refractivity contribution in [3.05, 3.63) is 46.8 Å². The molecule has 0 saturated carbocycles. The number of carbonyl (C=O) groups excluding carboxylic acids is 2. The number of nitrogens with zero attached hydrogens (tertiary/aromatic N) is 1. The summed E-state index contributed by atoms with van der Waals surface area (Å²) >= 11 is 1.51. The van der Waals surface area contributed by atoms with Gasteiger partial charge in [0.25, 0.3) is 0 Å². The normalized spacial score (nSPS) is 12.0. The third-order valence-electron chi connectivity index (χ3n) is 3.54. The SMILES string of the molecule is COC(=O)[C@H](Cc1ccc(-c2ccc(C#N)cc2)s1)NC(=O)OC(C)(C)C. The molecule has 0 aliphatic rings. The second-order valence-corrected chi connectivity index (χ2v) is 8.05. The Bertz CT molecular complexity index is 844. The summed E-state index contributed by atoms with van der Waals surface area (Å²) in [5.41, 5.74) is 0.930. The van der Waals surface area contributed by atoms with Crippen LogP contribution in [0.2, 0.25) is 0 Å². The highest BCUT2D eigenvalue weighted by atomic mass is 32.1. The molecule has 0 aliphatic heterocycles. The van der Waals surface area contributed by atoms with Crippen LogP contribution >= 0.6 is 11.3 Å². The molecule has 6 nitrogen and oxygen atoms in total. The minimum Gasteiger partial charge on any atom is -0.467 e. The van der Waals surface area contributed by atoms with E-state index >= 15 is 0 Å². The average molecular weight is 386 g/mol. The van der Waals surface area contributed by atoms with E-state index in [0.717, 1.165) is 15.3 Å². The van der Waals surface area contributed by atoms with Crippen molar-refractivity contribution >= 4 is 23.4 Å². The summed E-state index contributed by atoms with van der Waals surface area (Å²) in [6.07, 6.45) is -0.367. The van der Waals surface area contributed by atoms with E-state index in [4.69, 9.17) is 14.7 Å². The molecule has 0 aliphatic carbocycles. The zero-order valence-electron chi connectivity index (χ0n) is 15.7. The van der Waals surface area contributed by atoms with Crippen LogP contribution in [0.5, 0.6) is 0 Å². The average Bonchev–Trinajstić information content (AvgIpc) is 3.07. The molecule has 0 radical (unpaired) electrons. The first-order chi connectivity index (χ1) is 12.7. The van der Waals surface area contributed by atoms with Gasteiger partial charge in [-0.15, -0.1) is 11.3 Å². The molecule has 2 rings (SSSR count). The Hall–Kier alpha value is -2.85. The largest absolute Gasteiger partial charge is 0.467 e. The zero-order chi connectivity index (χ0) is 20.0. The smallest absolute Gasteiger partial charge is 0.408 e. The lowest BCUT2D eigenvalue weighted by Crippen LogP contribution is -2.45. The van der Waals surface area contributed by atoms with Gasteiger partial charge in [-0.3, -0.25) is 0 Å². The fraction of sp³-hybridized carbons (Fsp3) is 0.350. The lowest BCUT2D eigenvalue weighted by atomic mass is 10.1. The van der Waals surface area contributed by atoms with Crippen LogP contribution < -0.4 is 5.32 Å². The highest BCUT2D eigenvalue weighted by Gasteiger charge is 2.25. The van der Waals surface area contributed by atoms with Crippen molar-refractivity contribution in [2.75, 3.05) is 7.11 Å². The number of thiophene rings is 1. The minimum absolute atomic E-state index is 0.298. The summed E-state index contributed by atoms with van der Waals surface area (Å²) in [6, 6.07) is 12.4. The standard InChI is InChI=1S/C20H22N2O4S/c1-20(2,3)26-19(24)22-16(18(23)25-4)11-15-9-10-17(27-15)14-7-5-13(12-21)6-8-14/h5-10,16H,11H2,1-4H3,(H,22,24)/t16-/m0/s1. The third kappa shape index (κ3) is 6.12. The van der Waals surface area contributed by atoms with Gasteiger partial charge in [-0.05, 0) is 50.6 Å². The van der Waals surface area contributed by atoms with Gasteiger partial charge in [0, 0.05) is 16.2 Å². The van der Waals surface area contributed by atoms with Crippen LogP contribution in [0.4, 0.5) is 4.79 Å². The molecule has 1 amide bonds. The maximum absolute atomic E-state index is 12.0. The number of hydrogen-bond acceptors (Lipinski definition) is 6. The molecular weight excluding hydrogens is 364 g/mol. The fourth-order valence-corrected chi connectivity index (χ4v) is 3.40. The molecule has 1 heterocycles. The number of methoxy groups -OCH3 is 1. The summed E-state index contributed by atoms with van der Waals surface area (Å²) in [7, 11) is 1.28. The number of nitrogens with one attached hydrogen (secondary N) is 1. The van der Waals surface area contributed by atoms with E-state index in [9.17, 15) is 9.59 Å². The van der Waals surface area contributed by atoms with Crippen molar-refractivity contribution in [3.8, 4) is 16.5 Å². The van der Waals surface area contributed by atoms with Crippen LogP contribution in [0.3, 0.4) is 0 Å². The first-order valence-corrected chi connectivity index (χ1v) is 9.20. The minimum atomic E-state index is -0.836. The predicted octanol–water partition coefficient (Wildman–Crippen LogP) is 3.90. The molecule has 0 saturated heterocycles. The molecule has 2 aromatic rings. The quantitative estimate of drug-likeness (QED) is 0.788. The first kappa shape index (κ1) is 20.5. The van der Waals surface area contributed by atoms with Crippen molar-refractivity contribution in [2.24, 2.45) is 0 Å². The van der Waals surface area contributed by atoms with Crippen molar-refractivity contribution in [1.82, 2.24) is 5.32 Å². The van der Waals surface area contributed by atoms with Crippen molar-refractivity contribution in [3.63, 3.8) is 0 Å². The van der Waals surface area contributed by atoms with Gasteiger partial charge in [0.2, 0.25) is 0 Å². The lowest BCUT2D eigenvalue weighted by Gasteiger charge is -2.22. The van der Waals surface area contributed by atoms with E-state index in [1.807, 2.05) is 24.3 Å². The van der Waals surface area contributed by atoms with Crippen LogP contribution in [0.15, 0.2) is 36.4 Å². The van der Waals surface area contributed by atoms with E-state index in [2.05, 4.69) is 11.4 Å². The van der Waals surface area contributed by atoms with Crippen molar-refractivity contribution < 1.29 is 19.1 Å². The number of hydrogen-bond donors (Lipinski definition) is 1. The number of amides is 1. The molecule has 0 bridgehead atoms. The molecule has 142 valence electrons. The van der Waals surface area contributed by atoms with E-state index < -0.39 is 23.7 Å². The molecule has 0 fully saturated rings. The van der Waals surface area contributed by atoms with Crippen LogP contribution in [0.1, 0.15) is 31.2 Å². The molecule has 1 aromatic heterocycles. The van der Waals surface area contributed by atoms with Crippen LogP contribution in [-0.4, -0.2) is 30.8 Å². The Morgan fingerprint density at radius 1 is 1.19 bits per heavy atom. The Labute approximate surface area is 162 Å². The summed E-state index contributed by atoms with van der Waals surface area (Å²) in [4.78, 5) is 26.0. The fourth-order valence-electron chi connectivity index (χ4n) is 2.34. The Morgan fingerprint density at radius 3 is 2.41 bits per heavy atom. The zero-order valence-corrected chi connectivity index (χ0v) is 16.6. The molecule has 0 unspecified atom stereocenters. The van der Waals surface area contributed by atoms with Gasteiger partial charge < -0.3 is 14.8 Å². The number of benzene rings is 1. The van der Waals surface area contributed by atoms with Crippen molar-refractivity contribution in [2.45, 2.75) is 38.8 Å². The van der Waals surface area contributed by atoms with Gasteiger partial charge in [0.05, 0.1) is 18.7 Å². The van der Waals surface area contributed by atoms with Gasteiger partial charge in [-0.25, -0.2) is 9.59 Å². The molecule has 27 heavy (non-hydrogen) atoms. The summed E-state index contributed by atoms with van der Waals surface area (Å²) in [5.74, 6) is -0.533. The Balaban J connectivity index is 2.11. The number of nitriles is 1. The molecule has 1 aromatic carbocycles. The number of ether oxygens (including phenoxy) is 2. The van der Waals surface area contributed by atoms with Crippen LogP contribution in [-0.2, 0) is 20.7 Å². The van der Waals surface area contributed by atoms with E-state index in [-0.39, 0.29) is 0 Å². The molecular formula is C20H22N2O4S. The highest BCUT2D eigenvalue weighted by Crippen LogP contribution is 2.29. The molecule has 7 heteroatoms. The predicted molar refractivity (Wildman–Crippen MR) is 103 cm³/mol. The first-order valence-electron chi connectivity index (χ1n) is 8.38. The Kier molecular flexibility index (Phi) is 6.59. The van der Waals surface area contributed by atoms with Gasteiger partial charge >= 0.3 is 12.1 Å². The van der Waals surface area contributed by atoms with E-state index in [1.54, 1.807) is 32.9 Å². The summed E-state index contributed by atoms with van der Waals surface area (Å²) in [5, 5.41) is 11.5. The number of alkyl carbamates (subject to hydrolysis) is 1. The maximum Gasteiger partial charge on any atom is 0.408 e.